The van der Waals surface area contributed by atoms with Crippen LogP contribution in [0.25, 0.3) is 0 Å². The van der Waals surface area contributed by atoms with Crippen LogP contribution in [0.1, 0.15) is 10.4 Å². The zero-order valence-corrected chi connectivity index (χ0v) is 13.5. The van der Waals surface area contributed by atoms with E-state index in [0.29, 0.717) is 11.5 Å². The standard InChI is InChI=1S/C13H10Br2FN3O/c1-17-12-9(5-8(16)6-18-12)13(20)19-11-4-7(14)2-3-10(11)15/h2-6H,1H3,(H,17,18)(H,19,20). The smallest absolute Gasteiger partial charge is 0.259 e. The molecule has 0 radical (unpaired) electrons. The minimum Gasteiger partial charge on any atom is -0.372 e. The normalized spacial score (nSPS) is 10.2. The topological polar surface area (TPSA) is 54.0 Å². The first-order valence-corrected chi connectivity index (χ1v) is 7.19. The number of anilines is 2. The molecule has 2 N–H and O–H groups in total. The van der Waals surface area contributed by atoms with Crippen LogP contribution in [0.15, 0.2) is 39.4 Å². The number of nitrogens with zero attached hydrogens (tertiary/aromatic N) is 1. The van der Waals surface area contributed by atoms with Gasteiger partial charge in [-0.25, -0.2) is 9.37 Å². The molecular weight excluding hydrogens is 393 g/mol. The summed E-state index contributed by atoms with van der Waals surface area (Å²) in [5.41, 5.74) is 0.718. The highest BCUT2D eigenvalue weighted by atomic mass is 79.9. The van der Waals surface area contributed by atoms with Gasteiger partial charge in [0.1, 0.15) is 11.6 Å². The molecule has 1 heterocycles. The Hall–Kier alpha value is -1.47. The van der Waals surface area contributed by atoms with Crippen molar-refractivity contribution in [1.29, 1.82) is 0 Å². The van der Waals surface area contributed by atoms with Crippen LogP contribution < -0.4 is 10.6 Å². The number of aromatic nitrogens is 1. The van der Waals surface area contributed by atoms with Gasteiger partial charge in [-0.15, -0.1) is 0 Å². The van der Waals surface area contributed by atoms with Gasteiger partial charge in [0.15, 0.2) is 0 Å². The molecule has 2 rings (SSSR count). The number of hydrogen-bond acceptors (Lipinski definition) is 3. The minimum atomic E-state index is -0.567. The maximum absolute atomic E-state index is 13.2. The zero-order valence-electron chi connectivity index (χ0n) is 10.4. The van der Waals surface area contributed by atoms with Crippen LogP contribution in [0.3, 0.4) is 0 Å². The second-order valence-corrected chi connectivity index (χ2v) is 5.65. The average molecular weight is 403 g/mol. The van der Waals surface area contributed by atoms with E-state index in [1.54, 1.807) is 19.2 Å². The molecule has 0 saturated heterocycles. The molecule has 0 aliphatic carbocycles. The van der Waals surface area contributed by atoms with Crippen molar-refractivity contribution >= 4 is 49.3 Å². The highest BCUT2D eigenvalue weighted by Gasteiger charge is 2.14. The lowest BCUT2D eigenvalue weighted by Gasteiger charge is -2.10. The van der Waals surface area contributed by atoms with Crippen molar-refractivity contribution < 1.29 is 9.18 Å². The number of hydrogen-bond donors (Lipinski definition) is 2. The van der Waals surface area contributed by atoms with Crippen molar-refractivity contribution in [3.8, 4) is 0 Å². The number of rotatable bonds is 3. The molecule has 4 nitrogen and oxygen atoms in total. The van der Waals surface area contributed by atoms with Gasteiger partial charge in [0.2, 0.25) is 0 Å². The largest absolute Gasteiger partial charge is 0.372 e. The van der Waals surface area contributed by atoms with Crippen LogP contribution in [0, 0.1) is 5.82 Å². The van der Waals surface area contributed by atoms with E-state index in [4.69, 9.17) is 0 Å². The van der Waals surface area contributed by atoms with Crippen LogP contribution in [-0.4, -0.2) is 17.9 Å². The summed E-state index contributed by atoms with van der Waals surface area (Å²) in [6, 6.07) is 6.51. The lowest BCUT2D eigenvalue weighted by molar-refractivity contribution is 0.102. The molecule has 0 aliphatic heterocycles. The lowest BCUT2D eigenvalue weighted by atomic mass is 10.2. The molecule has 7 heteroatoms. The average Bonchev–Trinajstić information content (AvgIpc) is 2.42. The van der Waals surface area contributed by atoms with Crippen LogP contribution in [0.5, 0.6) is 0 Å². The SMILES string of the molecule is CNc1ncc(F)cc1C(=O)Nc1cc(Br)ccc1Br. The number of pyridine rings is 1. The Bertz CT molecular complexity index is 664. The summed E-state index contributed by atoms with van der Waals surface area (Å²) in [7, 11) is 1.62. The van der Waals surface area contributed by atoms with E-state index in [1.165, 1.54) is 0 Å². The van der Waals surface area contributed by atoms with Gasteiger partial charge in [-0.1, -0.05) is 15.9 Å². The van der Waals surface area contributed by atoms with Crippen molar-refractivity contribution in [1.82, 2.24) is 4.98 Å². The van der Waals surface area contributed by atoms with Crippen LogP contribution in [0.2, 0.25) is 0 Å². The molecule has 2 aromatic rings. The number of nitrogens with one attached hydrogen (secondary N) is 2. The van der Waals surface area contributed by atoms with Gasteiger partial charge < -0.3 is 10.6 Å². The fourth-order valence-electron chi connectivity index (χ4n) is 1.59. The second-order valence-electron chi connectivity index (χ2n) is 3.88. The fraction of sp³-hybridized carbons (Fsp3) is 0.0769. The predicted octanol–water partition coefficient (Wildman–Crippen LogP) is 4.04. The van der Waals surface area contributed by atoms with Gasteiger partial charge in [0.25, 0.3) is 5.91 Å². The quantitative estimate of drug-likeness (QED) is 0.814. The van der Waals surface area contributed by atoms with Crippen molar-refractivity contribution in [2.24, 2.45) is 0 Å². The Labute approximate surface area is 132 Å². The van der Waals surface area contributed by atoms with Gasteiger partial charge in [-0.05, 0) is 40.2 Å². The van der Waals surface area contributed by atoms with Crippen molar-refractivity contribution in [2.75, 3.05) is 17.7 Å². The summed E-state index contributed by atoms with van der Waals surface area (Å²) in [6.45, 7) is 0. The van der Waals surface area contributed by atoms with Crippen LogP contribution in [0.4, 0.5) is 15.9 Å². The monoisotopic (exact) mass is 401 g/mol. The third kappa shape index (κ3) is 3.34. The molecule has 0 aliphatic rings. The van der Waals surface area contributed by atoms with E-state index < -0.39 is 11.7 Å². The van der Waals surface area contributed by atoms with Crippen molar-refractivity contribution in [3.05, 3.63) is 50.8 Å². The molecule has 1 amide bonds. The third-order valence-corrected chi connectivity index (χ3v) is 3.70. The summed E-state index contributed by atoms with van der Waals surface area (Å²) < 4.78 is 14.8. The maximum atomic E-state index is 13.2. The molecular formula is C13H10Br2FN3O. The predicted molar refractivity (Wildman–Crippen MR) is 83.5 cm³/mol. The summed E-state index contributed by atoms with van der Waals surface area (Å²) >= 11 is 6.67. The van der Waals surface area contributed by atoms with Crippen molar-refractivity contribution in [2.45, 2.75) is 0 Å². The second kappa shape index (κ2) is 6.32. The molecule has 1 aromatic heterocycles. The molecule has 0 fully saturated rings. The zero-order chi connectivity index (χ0) is 14.7. The molecule has 0 saturated carbocycles. The first kappa shape index (κ1) is 14.9. The molecule has 104 valence electrons. The molecule has 0 spiro atoms. The Morgan fingerprint density at radius 3 is 2.75 bits per heavy atom. The number of benzene rings is 1. The summed E-state index contributed by atoms with van der Waals surface area (Å²) in [5, 5.41) is 5.46. The highest BCUT2D eigenvalue weighted by molar-refractivity contribution is 9.11. The van der Waals surface area contributed by atoms with Gasteiger partial charge >= 0.3 is 0 Å². The highest BCUT2D eigenvalue weighted by Crippen LogP contribution is 2.27. The van der Waals surface area contributed by atoms with Crippen LogP contribution in [-0.2, 0) is 0 Å². The summed E-state index contributed by atoms with van der Waals surface area (Å²) in [4.78, 5) is 16.0. The van der Waals surface area contributed by atoms with E-state index in [0.717, 1.165) is 21.2 Å². The molecule has 0 atom stereocenters. The van der Waals surface area contributed by atoms with E-state index in [-0.39, 0.29) is 5.56 Å². The number of amides is 1. The number of carbonyl (C=O) groups is 1. The Morgan fingerprint density at radius 2 is 2.05 bits per heavy atom. The van der Waals surface area contributed by atoms with E-state index in [1.807, 2.05) is 6.07 Å². The van der Waals surface area contributed by atoms with Gasteiger partial charge in [0.05, 0.1) is 17.4 Å². The summed E-state index contributed by atoms with van der Waals surface area (Å²) in [5.74, 6) is -0.697. The van der Waals surface area contributed by atoms with E-state index in [9.17, 15) is 9.18 Å². The summed E-state index contributed by atoms with van der Waals surface area (Å²) in [6.07, 6.45) is 1.05. The Balaban J connectivity index is 2.32. The third-order valence-electron chi connectivity index (χ3n) is 2.51. The van der Waals surface area contributed by atoms with Crippen LogP contribution >= 0.6 is 31.9 Å². The van der Waals surface area contributed by atoms with Gasteiger partial charge in [-0.3, -0.25) is 4.79 Å². The molecule has 1 aromatic carbocycles. The first-order valence-electron chi connectivity index (χ1n) is 5.61. The van der Waals surface area contributed by atoms with Gasteiger partial charge in [-0.2, -0.15) is 0 Å². The van der Waals surface area contributed by atoms with E-state index in [2.05, 4.69) is 47.5 Å². The molecule has 0 bridgehead atoms. The number of halogens is 3. The molecule has 0 unspecified atom stereocenters. The van der Waals surface area contributed by atoms with Gasteiger partial charge in [0, 0.05) is 16.0 Å². The van der Waals surface area contributed by atoms with Crippen molar-refractivity contribution in [3.63, 3.8) is 0 Å². The maximum Gasteiger partial charge on any atom is 0.259 e. The Morgan fingerprint density at radius 1 is 1.30 bits per heavy atom. The Kier molecular flexibility index (Phi) is 4.72. The lowest BCUT2D eigenvalue weighted by Crippen LogP contribution is -2.15. The fourth-order valence-corrected chi connectivity index (χ4v) is 2.30. The first-order chi connectivity index (χ1) is 9.51. The number of carbonyl (C=O) groups excluding carboxylic acids is 1. The molecule has 20 heavy (non-hydrogen) atoms. The van der Waals surface area contributed by atoms with E-state index >= 15 is 0 Å². The minimum absolute atomic E-state index is 0.138.